The van der Waals surface area contributed by atoms with Crippen molar-refractivity contribution in [1.29, 1.82) is 0 Å². The third-order valence-corrected chi connectivity index (χ3v) is 4.83. The molecule has 1 N–H and O–H groups in total. The summed E-state index contributed by atoms with van der Waals surface area (Å²) in [6.45, 7) is 2.58. The lowest BCUT2D eigenvalue weighted by Crippen LogP contribution is -2.35. The number of carbonyl (C=O) groups is 2. The van der Waals surface area contributed by atoms with Crippen LogP contribution in [0, 0.1) is 6.92 Å². The Morgan fingerprint density at radius 2 is 1.93 bits per heavy atom. The lowest BCUT2D eigenvalue weighted by molar-refractivity contribution is 0.0979. The van der Waals surface area contributed by atoms with E-state index >= 15 is 0 Å². The van der Waals surface area contributed by atoms with Crippen LogP contribution in [-0.2, 0) is 6.42 Å². The number of nitrogens with zero attached hydrogens (tertiary/aromatic N) is 1. The molecule has 5 nitrogen and oxygen atoms in total. The quantitative estimate of drug-likeness (QED) is 0.751. The topological polar surface area (TPSA) is 62.6 Å². The second-order valence-electron chi connectivity index (χ2n) is 6.65. The minimum absolute atomic E-state index is 0.0596. The molecule has 0 spiro atoms. The number of para-hydroxylation sites is 1. The Morgan fingerprint density at radius 1 is 1.07 bits per heavy atom. The molecule has 0 saturated heterocycles. The molecule has 3 aromatic rings. The normalized spacial score (nSPS) is 13.1. The summed E-state index contributed by atoms with van der Waals surface area (Å²) in [6, 6.07) is 16.7. The van der Waals surface area contributed by atoms with Gasteiger partial charge in [0.15, 0.2) is 5.76 Å². The monoisotopic (exact) mass is 360 g/mol. The Bertz CT molecular complexity index is 993. The van der Waals surface area contributed by atoms with Gasteiger partial charge in [0.05, 0.1) is 6.26 Å². The highest BCUT2D eigenvalue weighted by atomic mass is 16.3. The van der Waals surface area contributed by atoms with Crippen molar-refractivity contribution in [1.82, 2.24) is 0 Å². The van der Waals surface area contributed by atoms with Gasteiger partial charge in [0.25, 0.3) is 11.8 Å². The molecule has 0 radical (unpaired) electrons. The van der Waals surface area contributed by atoms with Gasteiger partial charge in [-0.1, -0.05) is 24.3 Å². The molecule has 2 aromatic carbocycles. The third-order valence-electron chi connectivity index (χ3n) is 4.83. The minimum Gasteiger partial charge on any atom is -0.459 e. The van der Waals surface area contributed by atoms with Gasteiger partial charge >= 0.3 is 0 Å². The van der Waals surface area contributed by atoms with E-state index in [1.54, 1.807) is 24.3 Å². The Labute approximate surface area is 157 Å². The Balaban J connectivity index is 1.61. The minimum atomic E-state index is -0.337. The van der Waals surface area contributed by atoms with E-state index in [-0.39, 0.29) is 17.6 Å². The van der Waals surface area contributed by atoms with Crippen LogP contribution in [0.2, 0.25) is 0 Å². The molecular formula is C22H20N2O3. The number of anilines is 2. The van der Waals surface area contributed by atoms with Gasteiger partial charge in [0, 0.05) is 23.5 Å². The molecule has 27 heavy (non-hydrogen) atoms. The summed E-state index contributed by atoms with van der Waals surface area (Å²) in [5, 5.41) is 2.83. The number of nitrogens with one attached hydrogen (secondary N) is 1. The first kappa shape index (κ1) is 17.1. The molecule has 0 bridgehead atoms. The molecule has 0 atom stereocenters. The molecular weight excluding hydrogens is 340 g/mol. The van der Waals surface area contributed by atoms with E-state index in [9.17, 15) is 9.59 Å². The van der Waals surface area contributed by atoms with Gasteiger partial charge < -0.3 is 14.6 Å². The van der Waals surface area contributed by atoms with E-state index in [2.05, 4.69) is 11.4 Å². The summed E-state index contributed by atoms with van der Waals surface area (Å²) in [5.41, 5.74) is 4.19. The maximum absolute atomic E-state index is 13.1. The Hall–Kier alpha value is -3.34. The fraction of sp³-hybridized carbons (Fsp3) is 0.182. The van der Waals surface area contributed by atoms with Gasteiger partial charge in [0.2, 0.25) is 0 Å². The van der Waals surface area contributed by atoms with Crippen LogP contribution in [0.25, 0.3) is 0 Å². The summed E-state index contributed by atoms with van der Waals surface area (Å²) in [4.78, 5) is 27.2. The molecule has 2 heterocycles. The molecule has 5 heteroatoms. The summed E-state index contributed by atoms with van der Waals surface area (Å²) in [5.74, 6) is -0.164. The molecule has 1 aliphatic heterocycles. The number of rotatable bonds is 3. The number of furan rings is 1. The summed E-state index contributed by atoms with van der Waals surface area (Å²) in [6.07, 6.45) is 3.38. The summed E-state index contributed by atoms with van der Waals surface area (Å²) in [7, 11) is 0. The maximum atomic E-state index is 13.1. The van der Waals surface area contributed by atoms with Crippen LogP contribution >= 0.6 is 0 Å². The van der Waals surface area contributed by atoms with E-state index in [0.717, 1.165) is 24.1 Å². The van der Waals surface area contributed by atoms with Crippen LogP contribution in [0.5, 0.6) is 0 Å². The largest absolute Gasteiger partial charge is 0.459 e. The van der Waals surface area contributed by atoms with Gasteiger partial charge in [0.1, 0.15) is 0 Å². The molecule has 1 aliphatic rings. The summed E-state index contributed by atoms with van der Waals surface area (Å²) < 4.78 is 5.13. The van der Waals surface area contributed by atoms with Crippen molar-refractivity contribution in [2.24, 2.45) is 0 Å². The average molecular weight is 360 g/mol. The van der Waals surface area contributed by atoms with Crippen LogP contribution in [0.3, 0.4) is 0 Å². The van der Waals surface area contributed by atoms with E-state index in [1.807, 2.05) is 36.1 Å². The first-order chi connectivity index (χ1) is 13.1. The fourth-order valence-corrected chi connectivity index (χ4v) is 3.38. The predicted molar refractivity (Wildman–Crippen MR) is 104 cm³/mol. The predicted octanol–water partition coefficient (Wildman–Crippen LogP) is 4.43. The number of hydrogen-bond acceptors (Lipinski definition) is 3. The molecule has 0 fully saturated rings. The van der Waals surface area contributed by atoms with Crippen LogP contribution in [0.1, 0.15) is 38.5 Å². The highest BCUT2D eigenvalue weighted by Gasteiger charge is 2.24. The maximum Gasteiger partial charge on any atom is 0.291 e. The lowest BCUT2D eigenvalue weighted by atomic mass is 10.0. The number of amides is 2. The smallest absolute Gasteiger partial charge is 0.291 e. The van der Waals surface area contributed by atoms with Crippen LogP contribution in [0.15, 0.2) is 65.3 Å². The molecule has 136 valence electrons. The number of benzene rings is 2. The third kappa shape index (κ3) is 3.36. The Kier molecular flexibility index (Phi) is 4.50. The van der Waals surface area contributed by atoms with Crippen molar-refractivity contribution in [3.8, 4) is 0 Å². The first-order valence-electron chi connectivity index (χ1n) is 8.99. The van der Waals surface area contributed by atoms with Crippen molar-refractivity contribution in [2.45, 2.75) is 19.8 Å². The van der Waals surface area contributed by atoms with Crippen molar-refractivity contribution in [3.63, 3.8) is 0 Å². The molecule has 4 rings (SSSR count). The van der Waals surface area contributed by atoms with Gasteiger partial charge in [-0.05, 0) is 61.2 Å². The van der Waals surface area contributed by atoms with E-state index in [4.69, 9.17) is 4.42 Å². The van der Waals surface area contributed by atoms with Crippen molar-refractivity contribution < 1.29 is 14.0 Å². The average Bonchev–Trinajstić information content (AvgIpc) is 3.24. The zero-order valence-electron chi connectivity index (χ0n) is 15.1. The lowest BCUT2D eigenvalue weighted by Gasteiger charge is -2.29. The van der Waals surface area contributed by atoms with Gasteiger partial charge in [-0.25, -0.2) is 0 Å². The van der Waals surface area contributed by atoms with E-state index in [1.165, 1.54) is 11.8 Å². The number of aryl methyl sites for hydroxylation is 2. The van der Waals surface area contributed by atoms with E-state index in [0.29, 0.717) is 17.8 Å². The van der Waals surface area contributed by atoms with Gasteiger partial charge in [-0.2, -0.15) is 0 Å². The number of carbonyl (C=O) groups excluding carboxylic acids is 2. The fourth-order valence-electron chi connectivity index (χ4n) is 3.38. The highest BCUT2D eigenvalue weighted by molar-refractivity contribution is 6.08. The first-order valence-corrected chi connectivity index (χ1v) is 8.99. The molecule has 2 amide bonds. The molecule has 0 saturated carbocycles. The number of hydrogen-bond donors (Lipinski definition) is 1. The van der Waals surface area contributed by atoms with Crippen molar-refractivity contribution in [3.05, 3.63) is 83.3 Å². The second-order valence-corrected chi connectivity index (χ2v) is 6.65. The summed E-state index contributed by atoms with van der Waals surface area (Å²) >= 11 is 0. The molecule has 0 unspecified atom stereocenters. The highest BCUT2D eigenvalue weighted by Crippen LogP contribution is 2.29. The van der Waals surface area contributed by atoms with E-state index < -0.39 is 0 Å². The van der Waals surface area contributed by atoms with Crippen LogP contribution in [0.4, 0.5) is 11.4 Å². The zero-order valence-corrected chi connectivity index (χ0v) is 15.1. The number of fused-ring (bicyclic) bond motifs is 1. The Morgan fingerprint density at radius 3 is 2.74 bits per heavy atom. The van der Waals surface area contributed by atoms with Gasteiger partial charge in [-0.15, -0.1) is 0 Å². The van der Waals surface area contributed by atoms with Gasteiger partial charge in [-0.3, -0.25) is 9.59 Å². The van der Waals surface area contributed by atoms with Crippen LogP contribution < -0.4 is 10.2 Å². The standard InChI is InChI=1S/C22H20N2O3/c1-15-10-11-17(14-18(15)23-21(25)20-9-5-13-27-20)22(26)24-12-4-7-16-6-2-3-8-19(16)24/h2-3,5-6,8-11,13-14H,4,7,12H2,1H3,(H,23,25). The van der Waals surface area contributed by atoms with Crippen LogP contribution in [-0.4, -0.2) is 18.4 Å². The second kappa shape index (κ2) is 7.11. The van der Waals surface area contributed by atoms with Crippen molar-refractivity contribution >= 4 is 23.2 Å². The molecule has 1 aromatic heterocycles. The molecule has 0 aliphatic carbocycles. The zero-order chi connectivity index (χ0) is 18.8. The SMILES string of the molecule is Cc1ccc(C(=O)N2CCCc3ccccc32)cc1NC(=O)c1ccco1. The van der Waals surface area contributed by atoms with Crippen molar-refractivity contribution in [2.75, 3.05) is 16.8 Å².